The summed E-state index contributed by atoms with van der Waals surface area (Å²) in [6.07, 6.45) is 2.91. The molecular weight excluding hydrogens is 121 g/mol. The molecule has 0 aromatic rings. The lowest BCUT2D eigenvalue weighted by Gasteiger charge is -2.21. The maximum absolute atomic E-state index is 3.49. The van der Waals surface area contributed by atoms with E-state index in [1.807, 2.05) is 0 Å². The van der Waals surface area contributed by atoms with E-state index in [2.05, 4.69) is 20.1 Å². The molecule has 1 saturated carbocycles. The zero-order chi connectivity index (χ0) is 7.19. The predicted molar refractivity (Wildman–Crippen MR) is 46.0 cm³/mol. The van der Waals surface area contributed by atoms with Crippen molar-refractivity contribution in [2.45, 2.75) is 25.6 Å². The van der Waals surface area contributed by atoms with Gasteiger partial charge in [0.15, 0.2) is 0 Å². The van der Waals surface area contributed by atoms with Crippen molar-refractivity contribution in [3.8, 4) is 0 Å². The molecule has 1 saturated heterocycles. The van der Waals surface area contributed by atoms with Crippen LogP contribution in [0.25, 0.3) is 0 Å². The zero-order valence-corrected chi connectivity index (χ0v) is 6.98. The minimum absolute atomic E-state index is 0.666. The monoisotopic (exact) mass is 137 g/mol. The Bertz CT molecular complexity index is 148. The summed E-state index contributed by atoms with van der Waals surface area (Å²) in [5, 5.41) is 3.49. The molecule has 3 atom stereocenters. The topological polar surface area (TPSA) is 12.0 Å². The molecule has 0 bridgehead atoms. The highest BCUT2D eigenvalue weighted by atomic mass is 14.9. The van der Waals surface area contributed by atoms with Crippen molar-refractivity contribution in [1.29, 1.82) is 0 Å². The van der Waals surface area contributed by atoms with Gasteiger partial charge in [-0.1, -0.05) is 25.6 Å². The maximum Gasteiger partial charge on any atom is 0.105 e. The molecule has 0 amide bonds. The summed E-state index contributed by atoms with van der Waals surface area (Å²) in [5.74, 6) is 1.97. The molecule has 1 aliphatic heterocycles. The fourth-order valence-electron chi connectivity index (χ4n) is 2.89. The van der Waals surface area contributed by atoms with Gasteiger partial charge in [0.05, 0.1) is 0 Å². The first kappa shape index (κ1) is 6.72. The van der Waals surface area contributed by atoms with Gasteiger partial charge in [-0.3, -0.25) is 0 Å². The molecule has 1 N–H and O–H groups in total. The highest BCUT2D eigenvalue weighted by Crippen LogP contribution is 2.49. The van der Waals surface area contributed by atoms with Crippen molar-refractivity contribution >= 4 is 7.85 Å². The van der Waals surface area contributed by atoms with Crippen LogP contribution in [0.4, 0.5) is 0 Å². The number of nitrogens with one attached hydrogen (secondary N) is 1. The maximum atomic E-state index is 3.49. The lowest BCUT2D eigenvalue weighted by atomic mass is 9.80. The number of hydrogen-bond acceptors (Lipinski definition) is 1. The van der Waals surface area contributed by atoms with E-state index >= 15 is 0 Å². The van der Waals surface area contributed by atoms with Gasteiger partial charge in [0.25, 0.3) is 0 Å². The van der Waals surface area contributed by atoms with E-state index in [0.29, 0.717) is 5.41 Å². The molecule has 1 nitrogen and oxygen atoms in total. The van der Waals surface area contributed by atoms with Crippen LogP contribution in [0.15, 0.2) is 0 Å². The number of fused-ring (bicyclic) bond motifs is 1. The predicted octanol–water partition coefficient (Wildman–Crippen LogP) is 0.427. The fraction of sp³-hybridized carbons (Fsp3) is 1.00. The third kappa shape index (κ3) is 0.816. The van der Waals surface area contributed by atoms with E-state index in [9.17, 15) is 0 Å². The second-order valence-electron chi connectivity index (χ2n) is 4.53. The molecule has 0 aromatic heterocycles. The Morgan fingerprint density at radius 2 is 2.40 bits per heavy atom. The Morgan fingerprint density at radius 1 is 1.60 bits per heavy atom. The second kappa shape index (κ2) is 2.01. The van der Waals surface area contributed by atoms with E-state index in [4.69, 9.17) is 0 Å². The van der Waals surface area contributed by atoms with Crippen LogP contribution in [0.2, 0.25) is 5.82 Å². The standard InChI is InChI=1S/C8H16BN/c1-8-3-7(9)2-6(8)4-10-5-8/h6-7,10H,2-5,9H2,1H3/t6-,7+,8+/m1/s1. The first-order valence-electron chi connectivity index (χ1n) is 4.41. The van der Waals surface area contributed by atoms with Gasteiger partial charge in [-0.25, -0.2) is 0 Å². The van der Waals surface area contributed by atoms with E-state index in [1.165, 1.54) is 25.9 Å². The van der Waals surface area contributed by atoms with Crippen molar-refractivity contribution in [3.05, 3.63) is 0 Å². The SMILES string of the molecule is B[C@H]1C[C@@H]2CNC[C@]2(C)C1. The Labute approximate surface area is 64.0 Å². The first-order chi connectivity index (χ1) is 4.71. The van der Waals surface area contributed by atoms with Gasteiger partial charge in [-0.15, -0.1) is 0 Å². The molecule has 1 aliphatic carbocycles. The molecule has 2 aliphatic rings. The normalized spacial score (nSPS) is 53.3. The first-order valence-corrected chi connectivity index (χ1v) is 4.41. The minimum atomic E-state index is 0.666. The molecule has 0 spiro atoms. The van der Waals surface area contributed by atoms with Crippen LogP contribution in [0.5, 0.6) is 0 Å². The van der Waals surface area contributed by atoms with E-state index in [-0.39, 0.29) is 0 Å². The third-order valence-electron chi connectivity index (χ3n) is 3.41. The third-order valence-corrected chi connectivity index (χ3v) is 3.41. The molecule has 0 aromatic carbocycles. The van der Waals surface area contributed by atoms with Gasteiger partial charge >= 0.3 is 0 Å². The quantitative estimate of drug-likeness (QED) is 0.477. The summed E-state index contributed by atoms with van der Waals surface area (Å²) in [6, 6.07) is 0. The number of hydrogen-bond donors (Lipinski definition) is 1. The van der Waals surface area contributed by atoms with Crippen molar-refractivity contribution in [2.75, 3.05) is 13.1 Å². The largest absolute Gasteiger partial charge is 0.316 e. The van der Waals surface area contributed by atoms with Crippen molar-refractivity contribution in [2.24, 2.45) is 11.3 Å². The van der Waals surface area contributed by atoms with Gasteiger partial charge in [0.1, 0.15) is 7.85 Å². The Balaban J connectivity index is 2.15. The Hall–Kier alpha value is 0.0249. The fourth-order valence-corrected chi connectivity index (χ4v) is 2.89. The van der Waals surface area contributed by atoms with Crippen LogP contribution < -0.4 is 5.32 Å². The van der Waals surface area contributed by atoms with Crippen molar-refractivity contribution < 1.29 is 0 Å². The summed E-state index contributed by atoms with van der Waals surface area (Å²) in [7, 11) is 2.39. The average Bonchev–Trinajstić information content (AvgIpc) is 2.20. The minimum Gasteiger partial charge on any atom is -0.316 e. The molecule has 0 unspecified atom stereocenters. The molecule has 2 heteroatoms. The second-order valence-corrected chi connectivity index (χ2v) is 4.53. The van der Waals surface area contributed by atoms with Gasteiger partial charge < -0.3 is 5.32 Å². The molecule has 2 rings (SSSR count). The van der Waals surface area contributed by atoms with Crippen LogP contribution in [-0.4, -0.2) is 20.9 Å². The summed E-state index contributed by atoms with van der Waals surface area (Å²) in [4.78, 5) is 0. The summed E-state index contributed by atoms with van der Waals surface area (Å²) in [5.41, 5.74) is 0.666. The lowest BCUT2D eigenvalue weighted by Crippen LogP contribution is -2.20. The van der Waals surface area contributed by atoms with Crippen LogP contribution >= 0.6 is 0 Å². The van der Waals surface area contributed by atoms with Gasteiger partial charge in [0, 0.05) is 6.54 Å². The van der Waals surface area contributed by atoms with Crippen LogP contribution in [0, 0.1) is 11.3 Å². The van der Waals surface area contributed by atoms with Crippen LogP contribution in [0.3, 0.4) is 0 Å². The average molecular weight is 137 g/mol. The summed E-state index contributed by atoms with van der Waals surface area (Å²) < 4.78 is 0. The van der Waals surface area contributed by atoms with Gasteiger partial charge in [-0.2, -0.15) is 0 Å². The Kier molecular flexibility index (Phi) is 1.35. The van der Waals surface area contributed by atoms with Crippen LogP contribution in [0.1, 0.15) is 19.8 Å². The Morgan fingerprint density at radius 3 is 3.10 bits per heavy atom. The van der Waals surface area contributed by atoms with Crippen LogP contribution in [-0.2, 0) is 0 Å². The molecule has 56 valence electrons. The summed E-state index contributed by atoms with van der Waals surface area (Å²) >= 11 is 0. The van der Waals surface area contributed by atoms with Crippen molar-refractivity contribution in [1.82, 2.24) is 5.32 Å². The highest BCUT2D eigenvalue weighted by Gasteiger charge is 2.44. The molecule has 0 radical (unpaired) electrons. The molecule has 2 fully saturated rings. The lowest BCUT2D eigenvalue weighted by molar-refractivity contribution is 0.306. The van der Waals surface area contributed by atoms with E-state index < -0.39 is 0 Å². The zero-order valence-electron chi connectivity index (χ0n) is 6.98. The smallest absolute Gasteiger partial charge is 0.105 e. The van der Waals surface area contributed by atoms with E-state index in [0.717, 1.165) is 11.7 Å². The molecule has 1 heterocycles. The highest BCUT2D eigenvalue weighted by molar-refractivity contribution is 6.11. The summed E-state index contributed by atoms with van der Waals surface area (Å²) in [6.45, 7) is 4.99. The van der Waals surface area contributed by atoms with E-state index in [1.54, 1.807) is 0 Å². The molecular formula is C8H16BN. The number of rotatable bonds is 0. The van der Waals surface area contributed by atoms with Crippen molar-refractivity contribution in [3.63, 3.8) is 0 Å². The van der Waals surface area contributed by atoms with Gasteiger partial charge in [0.2, 0.25) is 0 Å². The molecule has 10 heavy (non-hydrogen) atoms. The van der Waals surface area contributed by atoms with Gasteiger partial charge in [-0.05, 0) is 17.9 Å².